The van der Waals surface area contributed by atoms with Crippen LogP contribution in [-0.4, -0.2) is 16.0 Å². The maximum absolute atomic E-state index is 12.3. The van der Waals surface area contributed by atoms with Gasteiger partial charge in [0, 0.05) is 23.5 Å². The highest BCUT2D eigenvalue weighted by atomic mass is 32.1. The van der Waals surface area contributed by atoms with Crippen LogP contribution < -0.4 is 10.6 Å². The molecule has 5 nitrogen and oxygen atoms in total. The first-order chi connectivity index (χ1) is 13.7. The van der Waals surface area contributed by atoms with E-state index in [4.69, 9.17) is 16.6 Å². The molecule has 0 bridgehead atoms. The second-order valence-electron chi connectivity index (χ2n) is 6.29. The summed E-state index contributed by atoms with van der Waals surface area (Å²) in [4.78, 5) is 16.3. The Bertz CT molecular complexity index is 1090. The quantitative estimate of drug-likeness (QED) is 0.503. The normalized spacial score (nSPS) is 10.6. The van der Waals surface area contributed by atoms with Gasteiger partial charge in [0.2, 0.25) is 0 Å². The van der Waals surface area contributed by atoms with Gasteiger partial charge < -0.3 is 9.73 Å². The van der Waals surface area contributed by atoms with Crippen molar-refractivity contribution in [2.75, 3.05) is 5.32 Å². The first-order valence-electron chi connectivity index (χ1n) is 8.76. The fourth-order valence-electron chi connectivity index (χ4n) is 2.86. The molecule has 2 aromatic heterocycles. The highest BCUT2D eigenvalue weighted by Gasteiger charge is 2.13. The topological polar surface area (TPSA) is 67.2 Å². The molecule has 0 radical (unpaired) electrons. The molecular weight excluding hydrogens is 370 g/mol. The first-order valence-corrected chi connectivity index (χ1v) is 9.17. The molecule has 0 saturated heterocycles. The Labute approximate surface area is 167 Å². The van der Waals surface area contributed by atoms with E-state index in [0.29, 0.717) is 5.58 Å². The minimum absolute atomic E-state index is 0.186. The monoisotopic (exact) mass is 387 g/mol. The summed E-state index contributed by atoms with van der Waals surface area (Å²) in [6.07, 6.45) is 4.12. The molecular formula is C22H17N3O2S. The highest BCUT2D eigenvalue weighted by Crippen LogP contribution is 2.18. The summed E-state index contributed by atoms with van der Waals surface area (Å²) in [7, 11) is 0. The second-order valence-corrected chi connectivity index (χ2v) is 6.70. The van der Waals surface area contributed by atoms with Gasteiger partial charge >= 0.3 is 0 Å². The molecule has 0 aliphatic carbocycles. The fourth-order valence-corrected chi connectivity index (χ4v) is 3.07. The van der Waals surface area contributed by atoms with Crippen molar-refractivity contribution in [1.82, 2.24) is 10.3 Å². The summed E-state index contributed by atoms with van der Waals surface area (Å²) >= 11 is 5.23. The van der Waals surface area contributed by atoms with Crippen LogP contribution in [0.2, 0.25) is 0 Å². The van der Waals surface area contributed by atoms with Crippen LogP contribution in [0.25, 0.3) is 11.0 Å². The molecule has 6 heteroatoms. The first kappa shape index (κ1) is 17.9. The lowest BCUT2D eigenvalue weighted by Crippen LogP contribution is -2.33. The predicted octanol–water partition coefficient (Wildman–Crippen LogP) is 4.55. The smallest absolute Gasteiger partial charge is 0.293 e. The molecule has 2 N–H and O–H groups in total. The molecule has 1 amide bonds. The van der Waals surface area contributed by atoms with E-state index < -0.39 is 5.91 Å². The number of furan rings is 1. The number of rotatable bonds is 4. The number of thiocarbonyl (C=S) groups is 1. The van der Waals surface area contributed by atoms with E-state index in [1.54, 1.807) is 24.5 Å². The van der Waals surface area contributed by atoms with Crippen molar-refractivity contribution < 1.29 is 9.21 Å². The van der Waals surface area contributed by atoms with E-state index in [0.717, 1.165) is 17.5 Å². The number of aromatic nitrogens is 1. The lowest BCUT2D eigenvalue weighted by molar-refractivity contribution is 0.0953. The number of hydrogen-bond donors (Lipinski definition) is 2. The maximum atomic E-state index is 12.3. The molecule has 0 fully saturated rings. The zero-order chi connectivity index (χ0) is 19.3. The van der Waals surface area contributed by atoms with Gasteiger partial charge in [0.15, 0.2) is 10.9 Å². The van der Waals surface area contributed by atoms with E-state index in [9.17, 15) is 4.79 Å². The SMILES string of the molecule is O=C(NC(=S)Nc1ccc(Cc2ccccc2)cc1)c1cc2cnccc2o1. The number of carbonyl (C=O) groups excluding carboxylic acids is 1. The molecule has 0 aliphatic heterocycles. The molecule has 0 spiro atoms. The van der Waals surface area contributed by atoms with Gasteiger partial charge in [0.25, 0.3) is 5.91 Å². The van der Waals surface area contributed by atoms with Gasteiger partial charge in [-0.05, 0) is 54.0 Å². The molecule has 0 saturated carbocycles. The van der Waals surface area contributed by atoms with Crippen molar-refractivity contribution in [3.63, 3.8) is 0 Å². The molecule has 0 atom stereocenters. The summed E-state index contributed by atoms with van der Waals surface area (Å²) in [6, 6.07) is 21.6. The maximum Gasteiger partial charge on any atom is 0.293 e. The van der Waals surface area contributed by atoms with Crippen LogP contribution in [0.1, 0.15) is 21.7 Å². The lowest BCUT2D eigenvalue weighted by atomic mass is 10.1. The Morgan fingerprint density at radius 3 is 2.50 bits per heavy atom. The van der Waals surface area contributed by atoms with Gasteiger partial charge in [0.1, 0.15) is 5.58 Å². The Morgan fingerprint density at radius 1 is 1.00 bits per heavy atom. The van der Waals surface area contributed by atoms with E-state index in [2.05, 4.69) is 27.8 Å². The third-order valence-electron chi connectivity index (χ3n) is 4.23. The minimum atomic E-state index is -0.408. The highest BCUT2D eigenvalue weighted by molar-refractivity contribution is 7.80. The summed E-state index contributed by atoms with van der Waals surface area (Å²) in [5.74, 6) is -0.222. The van der Waals surface area contributed by atoms with Crippen molar-refractivity contribution in [2.24, 2.45) is 0 Å². The minimum Gasteiger partial charge on any atom is -0.451 e. The van der Waals surface area contributed by atoms with Crippen molar-refractivity contribution in [3.8, 4) is 0 Å². The van der Waals surface area contributed by atoms with E-state index >= 15 is 0 Å². The molecule has 0 unspecified atom stereocenters. The van der Waals surface area contributed by atoms with Crippen LogP contribution in [0.5, 0.6) is 0 Å². The van der Waals surface area contributed by atoms with Gasteiger partial charge in [-0.25, -0.2) is 0 Å². The van der Waals surface area contributed by atoms with Crippen molar-refractivity contribution in [1.29, 1.82) is 0 Å². The van der Waals surface area contributed by atoms with Crippen molar-refractivity contribution >= 4 is 39.9 Å². The number of amides is 1. The van der Waals surface area contributed by atoms with Crippen molar-refractivity contribution in [2.45, 2.75) is 6.42 Å². The van der Waals surface area contributed by atoms with Crippen molar-refractivity contribution in [3.05, 3.63) is 96.0 Å². The Kier molecular flexibility index (Phi) is 5.12. The fraction of sp³-hybridized carbons (Fsp3) is 0.0455. The molecule has 138 valence electrons. The number of pyridine rings is 1. The standard InChI is InChI=1S/C22H17N3O2S/c26-21(20-13-17-14-23-11-10-19(17)27-20)25-22(28)24-18-8-6-16(7-9-18)12-15-4-2-1-3-5-15/h1-11,13-14H,12H2,(H2,24,25,26,28). The zero-order valence-electron chi connectivity index (χ0n) is 14.9. The number of nitrogens with one attached hydrogen (secondary N) is 2. The molecule has 2 aromatic carbocycles. The van der Waals surface area contributed by atoms with E-state index in [1.165, 1.54) is 11.1 Å². The van der Waals surface area contributed by atoms with Crippen LogP contribution in [0.15, 0.2) is 83.5 Å². The summed E-state index contributed by atoms with van der Waals surface area (Å²) in [6.45, 7) is 0. The summed E-state index contributed by atoms with van der Waals surface area (Å²) in [5, 5.41) is 6.61. The number of hydrogen-bond acceptors (Lipinski definition) is 4. The number of benzene rings is 2. The number of anilines is 1. The summed E-state index contributed by atoms with van der Waals surface area (Å²) < 4.78 is 5.51. The zero-order valence-corrected chi connectivity index (χ0v) is 15.7. The Balaban J connectivity index is 1.36. The third kappa shape index (κ3) is 4.24. The number of nitrogens with zero attached hydrogens (tertiary/aromatic N) is 1. The largest absolute Gasteiger partial charge is 0.451 e. The molecule has 0 aliphatic rings. The predicted molar refractivity (Wildman–Crippen MR) is 113 cm³/mol. The van der Waals surface area contributed by atoms with Crippen LogP contribution in [-0.2, 0) is 6.42 Å². The molecule has 4 rings (SSSR count). The van der Waals surface area contributed by atoms with Gasteiger partial charge in [-0.3, -0.25) is 15.1 Å². The van der Waals surface area contributed by atoms with Gasteiger partial charge in [-0.15, -0.1) is 0 Å². The van der Waals surface area contributed by atoms with Crippen LogP contribution in [0, 0.1) is 0 Å². The molecule has 4 aromatic rings. The molecule has 28 heavy (non-hydrogen) atoms. The number of fused-ring (bicyclic) bond motifs is 1. The average Bonchev–Trinajstić information content (AvgIpc) is 3.15. The van der Waals surface area contributed by atoms with Crippen LogP contribution >= 0.6 is 12.2 Å². The van der Waals surface area contributed by atoms with Gasteiger partial charge in [-0.2, -0.15) is 0 Å². The van der Waals surface area contributed by atoms with E-state index in [1.807, 2.05) is 42.5 Å². The van der Waals surface area contributed by atoms with E-state index in [-0.39, 0.29) is 10.9 Å². The molecule has 2 heterocycles. The van der Waals surface area contributed by atoms with Crippen LogP contribution in [0.3, 0.4) is 0 Å². The second kappa shape index (κ2) is 8.02. The third-order valence-corrected chi connectivity index (χ3v) is 4.43. The van der Waals surface area contributed by atoms with Gasteiger partial charge in [-0.1, -0.05) is 42.5 Å². The van der Waals surface area contributed by atoms with Crippen LogP contribution in [0.4, 0.5) is 5.69 Å². The Hall–Kier alpha value is -3.51. The average molecular weight is 387 g/mol. The van der Waals surface area contributed by atoms with Gasteiger partial charge in [0.05, 0.1) is 0 Å². The number of carbonyl (C=O) groups is 1. The lowest BCUT2D eigenvalue weighted by Gasteiger charge is -2.09. The Morgan fingerprint density at radius 2 is 1.75 bits per heavy atom. The summed E-state index contributed by atoms with van der Waals surface area (Å²) in [5.41, 5.74) is 3.86.